The van der Waals surface area contributed by atoms with E-state index < -0.39 is 5.82 Å². The molecule has 4 heteroatoms. The number of nitrogens with zero attached hydrogens (tertiary/aromatic N) is 1. The molecule has 1 rings (SSSR count). The van der Waals surface area contributed by atoms with E-state index in [2.05, 4.69) is 5.32 Å². The van der Waals surface area contributed by atoms with Gasteiger partial charge in [0.25, 0.3) is 0 Å². The summed E-state index contributed by atoms with van der Waals surface area (Å²) in [6.45, 7) is 2.11. The van der Waals surface area contributed by atoms with E-state index in [0.29, 0.717) is 12.1 Å². The largest absolute Gasteiger partial charge is 0.395 e. The van der Waals surface area contributed by atoms with Crippen molar-refractivity contribution in [1.29, 1.82) is 5.26 Å². The number of nitrogens with one attached hydrogen (secondary N) is 1. The first-order valence-electron chi connectivity index (χ1n) is 4.70. The Morgan fingerprint density at radius 2 is 2.33 bits per heavy atom. The van der Waals surface area contributed by atoms with Crippen LogP contribution in [0.2, 0.25) is 0 Å². The van der Waals surface area contributed by atoms with Gasteiger partial charge in [-0.3, -0.25) is 0 Å². The zero-order chi connectivity index (χ0) is 11.3. The van der Waals surface area contributed by atoms with Crippen molar-refractivity contribution in [2.75, 3.05) is 6.61 Å². The van der Waals surface area contributed by atoms with Crippen molar-refractivity contribution < 1.29 is 9.50 Å². The third-order valence-electron chi connectivity index (χ3n) is 2.11. The van der Waals surface area contributed by atoms with Crippen LogP contribution in [0.4, 0.5) is 4.39 Å². The smallest absolute Gasteiger partial charge is 0.145 e. The highest BCUT2D eigenvalue weighted by Gasteiger charge is 2.07. The van der Waals surface area contributed by atoms with Crippen molar-refractivity contribution in [1.82, 2.24) is 5.32 Å². The number of benzene rings is 1. The van der Waals surface area contributed by atoms with Gasteiger partial charge in [0.1, 0.15) is 11.9 Å². The maximum Gasteiger partial charge on any atom is 0.145 e. The quantitative estimate of drug-likeness (QED) is 0.780. The first kappa shape index (κ1) is 11.6. The summed E-state index contributed by atoms with van der Waals surface area (Å²) in [6.07, 6.45) is 0. The molecule has 0 fully saturated rings. The van der Waals surface area contributed by atoms with E-state index in [1.54, 1.807) is 25.1 Å². The monoisotopic (exact) mass is 208 g/mol. The van der Waals surface area contributed by atoms with Gasteiger partial charge in [-0.05, 0) is 13.0 Å². The molecule has 1 atom stereocenters. The summed E-state index contributed by atoms with van der Waals surface area (Å²) in [5.41, 5.74) is 0.486. The van der Waals surface area contributed by atoms with Crippen molar-refractivity contribution in [3.05, 3.63) is 35.1 Å². The van der Waals surface area contributed by atoms with E-state index in [9.17, 15) is 4.39 Å². The van der Waals surface area contributed by atoms with Crippen LogP contribution < -0.4 is 5.32 Å². The lowest BCUT2D eigenvalue weighted by Gasteiger charge is -2.11. The summed E-state index contributed by atoms with van der Waals surface area (Å²) in [6, 6.07) is 6.40. The van der Waals surface area contributed by atoms with Crippen molar-refractivity contribution >= 4 is 0 Å². The fourth-order valence-corrected chi connectivity index (χ4v) is 1.15. The Bertz CT molecular complexity index is 373. The second-order valence-corrected chi connectivity index (χ2v) is 3.36. The molecule has 0 aliphatic rings. The van der Waals surface area contributed by atoms with Gasteiger partial charge in [0.15, 0.2) is 0 Å². The molecule has 0 radical (unpaired) electrons. The van der Waals surface area contributed by atoms with Gasteiger partial charge < -0.3 is 10.4 Å². The van der Waals surface area contributed by atoms with Gasteiger partial charge in [-0.25, -0.2) is 4.39 Å². The lowest BCUT2D eigenvalue weighted by Crippen LogP contribution is -2.29. The fourth-order valence-electron chi connectivity index (χ4n) is 1.15. The number of aliphatic hydroxyl groups is 1. The molecule has 15 heavy (non-hydrogen) atoms. The second kappa shape index (κ2) is 5.44. The predicted octanol–water partition coefficient (Wildman–Crippen LogP) is 1.17. The van der Waals surface area contributed by atoms with Crippen molar-refractivity contribution in [2.24, 2.45) is 0 Å². The standard InChI is InChI=1S/C11H13FN2O/c1-8(7-15)14-6-10-4-2-3-9(5-13)11(10)12/h2-4,8,14-15H,6-7H2,1H3. The van der Waals surface area contributed by atoms with Crippen LogP contribution in [0.25, 0.3) is 0 Å². The van der Waals surface area contributed by atoms with Crippen molar-refractivity contribution in [2.45, 2.75) is 19.5 Å². The molecule has 1 aromatic rings. The maximum atomic E-state index is 13.5. The molecule has 0 aliphatic carbocycles. The van der Waals surface area contributed by atoms with Gasteiger partial charge in [0, 0.05) is 18.2 Å². The molecule has 0 amide bonds. The van der Waals surface area contributed by atoms with Crippen LogP contribution in [0.15, 0.2) is 18.2 Å². The first-order chi connectivity index (χ1) is 7.19. The second-order valence-electron chi connectivity index (χ2n) is 3.36. The molecule has 0 spiro atoms. The van der Waals surface area contributed by atoms with Gasteiger partial charge >= 0.3 is 0 Å². The van der Waals surface area contributed by atoms with Gasteiger partial charge in [-0.2, -0.15) is 5.26 Å². The first-order valence-corrected chi connectivity index (χ1v) is 4.70. The minimum Gasteiger partial charge on any atom is -0.395 e. The Morgan fingerprint density at radius 3 is 2.93 bits per heavy atom. The molecule has 1 aromatic carbocycles. The third-order valence-corrected chi connectivity index (χ3v) is 2.11. The topological polar surface area (TPSA) is 56.0 Å². The number of hydrogen-bond donors (Lipinski definition) is 2. The Labute approximate surface area is 88.2 Å². The summed E-state index contributed by atoms with van der Waals surface area (Å²) < 4.78 is 13.5. The van der Waals surface area contributed by atoms with Gasteiger partial charge in [-0.15, -0.1) is 0 Å². The van der Waals surface area contributed by atoms with Crippen LogP contribution in [-0.2, 0) is 6.54 Å². The average Bonchev–Trinajstić information content (AvgIpc) is 2.27. The normalized spacial score (nSPS) is 12.1. The van der Waals surface area contributed by atoms with Crippen molar-refractivity contribution in [3.63, 3.8) is 0 Å². The average molecular weight is 208 g/mol. The van der Waals surface area contributed by atoms with E-state index in [0.717, 1.165) is 0 Å². The number of hydrogen-bond acceptors (Lipinski definition) is 3. The molecule has 0 aromatic heterocycles. The Morgan fingerprint density at radius 1 is 1.60 bits per heavy atom. The van der Waals surface area contributed by atoms with Crippen LogP contribution in [0.1, 0.15) is 18.1 Å². The highest BCUT2D eigenvalue weighted by Crippen LogP contribution is 2.11. The number of aliphatic hydroxyl groups excluding tert-OH is 1. The highest BCUT2D eigenvalue weighted by molar-refractivity contribution is 5.34. The molecular weight excluding hydrogens is 195 g/mol. The molecule has 80 valence electrons. The van der Waals surface area contributed by atoms with Crippen LogP contribution >= 0.6 is 0 Å². The zero-order valence-corrected chi connectivity index (χ0v) is 8.50. The molecule has 1 unspecified atom stereocenters. The van der Waals surface area contributed by atoms with Gasteiger partial charge in [0.2, 0.25) is 0 Å². The molecule has 0 saturated carbocycles. The lowest BCUT2D eigenvalue weighted by molar-refractivity contribution is 0.250. The zero-order valence-electron chi connectivity index (χ0n) is 8.50. The van der Waals surface area contributed by atoms with E-state index in [1.807, 2.05) is 0 Å². The van der Waals surface area contributed by atoms with E-state index in [-0.39, 0.29) is 18.2 Å². The van der Waals surface area contributed by atoms with Crippen molar-refractivity contribution in [3.8, 4) is 6.07 Å². The summed E-state index contributed by atoms with van der Waals surface area (Å²) in [5.74, 6) is -0.488. The molecule has 0 saturated heterocycles. The summed E-state index contributed by atoms with van der Waals surface area (Å²) in [4.78, 5) is 0. The SMILES string of the molecule is CC(CO)NCc1cccc(C#N)c1F. The van der Waals surface area contributed by atoms with Gasteiger partial charge in [0.05, 0.1) is 12.2 Å². The summed E-state index contributed by atoms with van der Waals surface area (Å²) in [5, 5.41) is 20.3. The fraction of sp³-hybridized carbons (Fsp3) is 0.364. The van der Waals surface area contributed by atoms with Crippen LogP contribution in [0.3, 0.4) is 0 Å². The third kappa shape index (κ3) is 3.01. The Balaban J connectivity index is 2.74. The highest BCUT2D eigenvalue weighted by atomic mass is 19.1. The van der Waals surface area contributed by atoms with Crippen LogP contribution in [-0.4, -0.2) is 17.8 Å². The summed E-state index contributed by atoms with van der Waals surface area (Å²) >= 11 is 0. The molecule has 0 bridgehead atoms. The molecule has 2 N–H and O–H groups in total. The molecular formula is C11H13FN2O. The Hall–Kier alpha value is -1.44. The van der Waals surface area contributed by atoms with E-state index in [1.165, 1.54) is 6.07 Å². The van der Waals surface area contributed by atoms with E-state index in [4.69, 9.17) is 10.4 Å². The lowest BCUT2D eigenvalue weighted by atomic mass is 10.1. The van der Waals surface area contributed by atoms with Gasteiger partial charge in [-0.1, -0.05) is 12.1 Å². The maximum absolute atomic E-state index is 13.5. The molecule has 0 aliphatic heterocycles. The molecule has 3 nitrogen and oxygen atoms in total. The number of halogens is 1. The van der Waals surface area contributed by atoms with Crippen LogP contribution in [0.5, 0.6) is 0 Å². The Kier molecular flexibility index (Phi) is 4.22. The summed E-state index contributed by atoms with van der Waals surface area (Å²) in [7, 11) is 0. The van der Waals surface area contributed by atoms with Crippen LogP contribution in [0, 0.1) is 17.1 Å². The van der Waals surface area contributed by atoms with E-state index >= 15 is 0 Å². The number of nitriles is 1. The number of rotatable bonds is 4. The minimum atomic E-state index is -0.488. The molecule has 0 heterocycles. The minimum absolute atomic E-state index is 0.000437. The predicted molar refractivity (Wildman–Crippen MR) is 54.5 cm³/mol.